The van der Waals surface area contributed by atoms with E-state index < -0.39 is 0 Å². The van der Waals surface area contributed by atoms with Gasteiger partial charge in [-0.15, -0.1) is 0 Å². The van der Waals surface area contributed by atoms with E-state index in [1.54, 1.807) is 0 Å². The normalized spacial score (nSPS) is 10.9. The molecule has 0 aliphatic carbocycles. The molecule has 0 aromatic rings. The van der Waals surface area contributed by atoms with Gasteiger partial charge >= 0.3 is 0 Å². The van der Waals surface area contributed by atoms with Crippen LogP contribution in [0, 0.1) is 24.7 Å². The van der Waals surface area contributed by atoms with E-state index in [9.17, 15) is 4.79 Å². The van der Waals surface area contributed by atoms with E-state index in [0.717, 1.165) is 6.42 Å². The Morgan fingerprint density at radius 2 is 1.33 bits per heavy atom. The topological polar surface area (TPSA) is 17.1 Å². The molecule has 0 spiro atoms. The van der Waals surface area contributed by atoms with Crippen LogP contribution in [0.15, 0.2) is 0 Å². The van der Waals surface area contributed by atoms with Gasteiger partial charge in [0.05, 0.1) is 0 Å². The minimum absolute atomic E-state index is 0. The first-order chi connectivity index (χ1) is 5.98. The smallest absolute Gasteiger partial charge is 0.135 e. The number of ketones is 1. The van der Waals surface area contributed by atoms with Crippen molar-refractivity contribution in [2.24, 2.45) is 10.8 Å². The van der Waals surface area contributed by atoms with Crippen molar-refractivity contribution >= 4 is 5.78 Å². The van der Waals surface area contributed by atoms with Crippen molar-refractivity contribution in [2.75, 3.05) is 0 Å². The van der Waals surface area contributed by atoms with Crippen LogP contribution >= 0.6 is 0 Å². The first-order valence-electron chi connectivity index (χ1n) is 5.16. The van der Waals surface area contributed by atoms with Gasteiger partial charge in [-0.1, -0.05) is 41.5 Å². The molecule has 0 N–H and O–H groups in total. The van der Waals surface area contributed by atoms with Crippen molar-refractivity contribution in [3.05, 3.63) is 13.8 Å². The molecule has 0 heterocycles. The van der Waals surface area contributed by atoms with Crippen LogP contribution in [0.5, 0.6) is 0 Å². The van der Waals surface area contributed by atoms with Gasteiger partial charge in [-0.3, -0.25) is 4.79 Å². The molecule has 0 atom stereocenters. The Morgan fingerprint density at radius 3 is 1.40 bits per heavy atom. The van der Waals surface area contributed by atoms with Crippen molar-refractivity contribution in [2.45, 2.75) is 54.4 Å². The summed E-state index contributed by atoms with van der Waals surface area (Å²) in [7, 11) is 0. The van der Waals surface area contributed by atoms with Gasteiger partial charge in [0.15, 0.2) is 0 Å². The molecule has 0 bridgehead atoms. The Bertz CT molecular complexity index is 154. The zero-order valence-electron chi connectivity index (χ0n) is 11.3. The second-order valence-corrected chi connectivity index (χ2v) is 5.84. The molecule has 89 valence electrons. The fraction of sp³-hybridized carbons (Fsp3) is 0.769. The molecule has 1 radical (unpaired) electrons. The minimum Gasteiger partial charge on any atom is -0.343 e. The molecule has 0 saturated carbocycles. The van der Waals surface area contributed by atoms with E-state index >= 15 is 0 Å². The van der Waals surface area contributed by atoms with Crippen LogP contribution in [0.25, 0.3) is 0 Å². The maximum Gasteiger partial charge on any atom is 0.135 e. The van der Waals surface area contributed by atoms with Crippen molar-refractivity contribution in [1.29, 1.82) is 0 Å². The summed E-state index contributed by atoms with van der Waals surface area (Å²) >= 11 is 0. The minimum atomic E-state index is -0.169. The summed E-state index contributed by atoms with van der Waals surface area (Å²) in [5, 5.41) is 0. The standard InChI is InChI=1S/C8H15O.C5H11.Y/c1-5-6-7(9)8(2,3)4;1-5(2,3)4;/h1,5-6H2,2-4H3;1H2,2-4H3;/q2*-1;. The van der Waals surface area contributed by atoms with Crippen LogP contribution in [0.1, 0.15) is 54.4 Å². The van der Waals surface area contributed by atoms with Gasteiger partial charge in [-0.25, -0.2) is 0 Å². The Morgan fingerprint density at radius 1 is 1.07 bits per heavy atom. The molecule has 15 heavy (non-hydrogen) atoms. The summed E-state index contributed by atoms with van der Waals surface area (Å²) < 4.78 is 0. The first kappa shape index (κ1) is 21.1. The predicted octanol–water partition coefficient (Wildman–Crippen LogP) is 4.08. The van der Waals surface area contributed by atoms with Gasteiger partial charge in [-0.05, 0) is 6.42 Å². The second-order valence-electron chi connectivity index (χ2n) is 5.84. The van der Waals surface area contributed by atoms with E-state index in [0.29, 0.717) is 12.2 Å². The number of carbonyl (C=O) groups excluding carboxylic acids is 1. The zero-order chi connectivity index (χ0) is 12.0. The Balaban J connectivity index is -0.000000208. The summed E-state index contributed by atoms with van der Waals surface area (Å²) in [5.74, 6) is 0.303. The molecule has 0 saturated heterocycles. The number of carbonyl (C=O) groups is 1. The molecule has 0 aromatic heterocycles. The van der Waals surface area contributed by atoms with Crippen molar-refractivity contribution in [3.8, 4) is 0 Å². The Labute approximate surface area is 122 Å². The molecular formula is C13H26OY-2. The molecular weight excluding hydrogens is 261 g/mol. The van der Waals surface area contributed by atoms with Gasteiger partial charge in [0.1, 0.15) is 5.78 Å². The van der Waals surface area contributed by atoms with E-state index in [2.05, 4.69) is 34.6 Å². The van der Waals surface area contributed by atoms with E-state index in [-0.39, 0.29) is 43.5 Å². The molecule has 0 aliphatic rings. The van der Waals surface area contributed by atoms with E-state index in [1.165, 1.54) is 0 Å². The number of hydrogen-bond donors (Lipinski definition) is 0. The summed E-state index contributed by atoms with van der Waals surface area (Å²) in [6.45, 7) is 19.4. The fourth-order valence-corrected chi connectivity index (χ4v) is 0.536. The van der Waals surface area contributed by atoms with E-state index in [4.69, 9.17) is 0 Å². The van der Waals surface area contributed by atoms with Crippen molar-refractivity contribution < 1.29 is 37.5 Å². The largest absolute Gasteiger partial charge is 0.343 e. The van der Waals surface area contributed by atoms with Gasteiger partial charge in [0, 0.05) is 38.1 Å². The van der Waals surface area contributed by atoms with E-state index in [1.807, 2.05) is 20.8 Å². The SMILES string of the molecule is [CH2-]C(C)(C)C.[CH2-]CCC(=O)C(C)(C)C.[Y]. The maximum atomic E-state index is 11.0. The van der Waals surface area contributed by atoms with Gasteiger partial charge in [-0.2, -0.15) is 11.8 Å². The molecule has 1 nitrogen and oxygen atoms in total. The average molecular weight is 287 g/mol. The summed E-state index contributed by atoms with van der Waals surface area (Å²) in [5.41, 5.74) is 0.0810. The van der Waals surface area contributed by atoms with Gasteiger partial charge in [0.2, 0.25) is 0 Å². The first-order valence-corrected chi connectivity index (χ1v) is 5.16. The van der Waals surface area contributed by atoms with Crippen molar-refractivity contribution in [1.82, 2.24) is 0 Å². The molecule has 2 heteroatoms. The third-order valence-electron chi connectivity index (χ3n) is 1.24. The second kappa shape index (κ2) is 8.87. The van der Waals surface area contributed by atoms with Crippen molar-refractivity contribution in [3.63, 3.8) is 0 Å². The Kier molecular flexibility index (Phi) is 12.5. The summed E-state index contributed by atoms with van der Waals surface area (Å²) in [6, 6.07) is 0. The van der Waals surface area contributed by atoms with Crippen LogP contribution in [-0.2, 0) is 37.5 Å². The number of hydrogen-bond acceptors (Lipinski definition) is 1. The van der Waals surface area contributed by atoms with Crippen LogP contribution in [0.4, 0.5) is 0 Å². The van der Waals surface area contributed by atoms with Gasteiger partial charge in [0.25, 0.3) is 0 Å². The fourth-order valence-electron chi connectivity index (χ4n) is 0.536. The zero-order valence-corrected chi connectivity index (χ0v) is 14.2. The van der Waals surface area contributed by atoms with Crippen LogP contribution in [0.2, 0.25) is 0 Å². The monoisotopic (exact) mass is 287 g/mol. The quantitative estimate of drug-likeness (QED) is 0.699. The Hall–Kier alpha value is 0.774. The van der Waals surface area contributed by atoms with Gasteiger partial charge < -0.3 is 13.8 Å². The third kappa shape index (κ3) is 25.2. The molecule has 0 rings (SSSR count). The number of Topliss-reactive ketones (excluding diaryl/α,β-unsaturated/α-hetero) is 1. The average Bonchev–Trinajstić information content (AvgIpc) is 1.81. The molecule has 0 fully saturated rings. The van der Waals surface area contributed by atoms with Crippen LogP contribution < -0.4 is 0 Å². The molecule has 0 aromatic carbocycles. The summed E-state index contributed by atoms with van der Waals surface area (Å²) in [6.07, 6.45) is 1.33. The third-order valence-corrected chi connectivity index (χ3v) is 1.24. The van der Waals surface area contributed by atoms with Crippen LogP contribution in [0.3, 0.4) is 0 Å². The predicted molar refractivity (Wildman–Crippen MR) is 63.9 cm³/mol. The summed E-state index contributed by atoms with van der Waals surface area (Å²) in [4.78, 5) is 11.0. The molecule has 0 amide bonds. The maximum absolute atomic E-state index is 11.0. The molecule has 0 unspecified atom stereocenters. The molecule has 0 aliphatic heterocycles. The van der Waals surface area contributed by atoms with Crippen LogP contribution in [-0.4, -0.2) is 5.78 Å². The number of rotatable bonds is 2.